The molecule has 3 aromatic rings. The van der Waals surface area contributed by atoms with E-state index in [2.05, 4.69) is 15.0 Å². The monoisotopic (exact) mass is 461 g/mol. The number of alkyl halides is 3. The Labute approximate surface area is 171 Å². The van der Waals surface area contributed by atoms with Gasteiger partial charge >= 0.3 is 6.18 Å². The van der Waals surface area contributed by atoms with Crippen LogP contribution in [0.1, 0.15) is 19.5 Å². The molecular formula is C17H18F3N5O3S2. The first-order chi connectivity index (χ1) is 13.8. The number of pyridine rings is 2. The predicted octanol–water partition coefficient (Wildman–Crippen LogP) is 3.27. The van der Waals surface area contributed by atoms with Crippen LogP contribution in [0.15, 0.2) is 34.3 Å². The van der Waals surface area contributed by atoms with Crippen molar-refractivity contribution in [3.63, 3.8) is 0 Å². The van der Waals surface area contributed by atoms with Crippen molar-refractivity contribution in [1.29, 1.82) is 4.78 Å². The first-order valence-corrected chi connectivity index (χ1v) is 12.1. The number of hydrogen-bond donors (Lipinski definition) is 1. The largest absolute Gasteiger partial charge is 0.433 e. The number of nitrogens with zero attached hydrogens (tertiary/aromatic N) is 4. The van der Waals surface area contributed by atoms with E-state index in [4.69, 9.17) is 4.78 Å². The number of rotatable bonds is 5. The number of aryl methyl sites for hydroxylation is 1. The van der Waals surface area contributed by atoms with Gasteiger partial charge in [-0.15, -0.1) is 0 Å². The van der Waals surface area contributed by atoms with Crippen molar-refractivity contribution in [2.24, 2.45) is 7.05 Å². The van der Waals surface area contributed by atoms with Crippen LogP contribution >= 0.6 is 0 Å². The minimum atomic E-state index is -4.67. The van der Waals surface area contributed by atoms with E-state index in [0.29, 0.717) is 0 Å². The lowest BCUT2D eigenvalue weighted by Crippen LogP contribution is -2.12. The van der Waals surface area contributed by atoms with Gasteiger partial charge in [0.15, 0.2) is 15.7 Å². The first-order valence-electron chi connectivity index (χ1n) is 8.72. The summed E-state index contributed by atoms with van der Waals surface area (Å²) in [6.45, 7) is 2.97. The molecule has 0 aliphatic heterocycles. The number of aromatic nitrogens is 4. The fourth-order valence-electron chi connectivity index (χ4n) is 2.78. The van der Waals surface area contributed by atoms with E-state index in [1.54, 1.807) is 0 Å². The second-order valence-corrected chi connectivity index (χ2v) is 11.0. The fraction of sp³-hybridized carbons (Fsp3) is 0.353. The van der Waals surface area contributed by atoms with E-state index in [0.717, 1.165) is 12.3 Å². The van der Waals surface area contributed by atoms with E-state index < -0.39 is 31.4 Å². The second-order valence-electron chi connectivity index (χ2n) is 6.41. The zero-order chi connectivity index (χ0) is 22.5. The van der Waals surface area contributed by atoms with Crippen molar-refractivity contribution in [1.82, 2.24) is 19.5 Å². The molecule has 0 radical (unpaired) electrons. The van der Waals surface area contributed by atoms with Crippen molar-refractivity contribution in [2.75, 3.05) is 11.5 Å². The molecule has 0 amide bonds. The zero-order valence-electron chi connectivity index (χ0n) is 16.2. The van der Waals surface area contributed by atoms with Crippen LogP contribution in [0.4, 0.5) is 13.2 Å². The van der Waals surface area contributed by atoms with E-state index in [1.807, 2.05) is 0 Å². The normalized spacial score (nSPS) is 14.7. The van der Waals surface area contributed by atoms with Gasteiger partial charge in [-0.2, -0.15) is 13.2 Å². The Hall–Kier alpha value is -2.54. The van der Waals surface area contributed by atoms with Crippen molar-refractivity contribution in [3.8, 4) is 11.5 Å². The number of imidazole rings is 1. The lowest BCUT2D eigenvalue weighted by molar-refractivity contribution is -0.141. The van der Waals surface area contributed by atoms with Gasteiger partial charge in [-0.1, -0.05) is 13.8 Å². The number of nitrogens with one attached hydrogen (secondary N) is 1. The summed E-state index contributed by atoms with van der Waals surface area (Å²) in [6, 6.07) is 3.19. The molecule has 3 heterocycles. The van der Waals surface area contributed by atoms with E-state index >= 15 is 0 Å². The third-order valence-corrected chi connectivity index (χ3v) is 8.04. The highest BCUT2D eigenvalue weighted by Gasteiger charge is 2.33. The van der Waals surface area contributed by atoms with Gasteiger partial charge in [0.1, 0.15) is 16.4 Å². The Morgan fingerprint density at radius 2 is 1.77 bits per heavy atom. The average molecular weight is 461 g/mol. The van der Waals surface area contributed by atoms with Gasteiger partial charge in [-0.3, -0.25) is 0 Å². The summed E-state index contributed by atoms with van der Waals surface area (Å²) < 4.78 is 85.9. The Balaban J connectivity index is 2.36. The van der Waals surface area contributed by atoms with Gasteiger partial charge in [0.25, 0.3) is 0 Å². The summed E-state index contributed by atoms with van der Waals surface area (Å²) >= 11 is 0. The molecule has 13 heteroatoms. The van der Waals surface area contributed by atoms with Crippen molar-refractivity contribution >= 4 is 30.6 Å². The lowest BCUT2D eigenvalue weighted by Gasteiger charge is -2.12. The highest BCUT2D eigenvalue weighted by Crippen LogP contribution is 2.33. The van der Waals surface area contributed by atoms with Crippen LogP contribution in [0.2, 0.25) is 0 Å². The van der Waals surface area contributed by atoms with Crippen molar-refractivity contribution < 1.29 is 25.8 Å². The zero-order valence-corrected chi connectivity index (χ0v) is 17.8. The van der Waals surface area contributed by atoms with Crippen LogP contribution in [0, 0.1) is 4.78 Å². The maximum atomic E-state index is 13.0. The van der Waals surface area contributed by atoms with Crippen LogP contribution in [0.25, 0.3) is 22.6 Å². The maximum absolute atomic E-state index is 13.0. The van der Waals surface area contributed by atoms with Gasteiger partial charge in [0.2, 0.25) is 0 Å². The van der Waals surface area contributed by atoms with Crippen LogP contribution in [0.5, 0.6) is 0 Å². The standard InChI is InChI=1S/C17H18F3N5O3S2/c1-4-29(21,26)14-7-6-12(30(27,28)5-2)15(24-14)16-23-10-8-13(17(18,19)20)22-9-11(10)25(16)3/h6-9,21H,4-5H2,1-3H3. The number of halogens is 3. The first kappa shape index (κ1) is 22.2. The van der Waals surface area contributed by atoms with Crippen molar-refractivity contribution in [2.45, 2.75) is 29.9 Å². The molecule has 0 aromatic carbocycles. The molecule has 1 unspecified atom stereocenters. The average Bonchev–Trinajstić information content (AvgIpc) is 3.02. The van der Waals surface area contributed by atoms with Crippen LogP contribution in [-0.4, -0.2) is 43.7 Å². The number of fused-ring (bicyclic) bond motifs is 1. The quantitative estimate of drug-likeness (QED) is 0.623. The smallest absolute Gasteiger partial charge is 0.324 e. The Bertz CT molecular complexity index is 1350. The molecule has 1 N–H and O–H groups in total. The third kappa shape index (κ3) is 3.78. The molecule has 3 rings (SSSR count). The minimum Gasteiger partial charge on any atom is -0.324 e. The Kier molecular flexibility index (Phi) is 5.39. The summed E-state index contributed by atoms with van der Waals surface area (Å²) in [5.74, 6) is -0.332. The molecule has 0 fully saturated rings. The molecule has 0 saturated carbocycles. The highest BCUT2D eigenvalue weighted by atomic mass is 32.2. The lowest BCUT2D eigenvalue weighted by atomic mass is 10.3. The number of sulfone groups is 1. The summed E-state index contributed by atoms with van der Waals surface area (Å²) in [7, 11) is -5.59. The van der Waals surface area contributed by atoms with Crippen LogP contribution in [0.3, 0.4) is 0 Å². The van der Waals surface area contributed by atoms with Crippen LogP contribution in [-0.2, 0) is 32.8 Å². The van der Waals surface area contributed by atoms with Gasteiger partial charge in [0, 0.05) is 12.8 Å². The van der Waals surface area contributed by atoms with Gasteiger partial charge < -0.3 is 4.57 Å². The Morgan fingerprint density at radius 3 is 2.33 bits per heavy atom. The topological polar surface area (TPSA) is 119 Å². The van der Waals surface area contributed by atoms with E-state index in [1.165, 1.54) is 37.6 Å². The van der Waals surface area contributed by atoms with Gasteiger partial charge in [-0.25, -0.2) is 32.4 Å². The molecule has 3 aromatic heterocycles. The fourth-order valence-corrected chi connectivity index (χ4v) is 4.62. The van der Waals surface area contributed by atoms with E-state index in [-0.39, 0.29) is 44.0 Å². The molecule has 8 nitrogen and oxygen atoms in total. The summed E-state index contributed by atoms with van der Waals surface area (Å²) in [5.41, 5.74) is -1.13. The van der Waals surface area contributed by atoms with Crippen LogP contribution < -0.4 is 0 Å². The summed E-state index contributed by atoms with van der Waals surface area (Å²) in [4.78, 5) is 11.5. The molecule has 1 atom stereocenters. The Morgan fingerprint density at radius 1 is 1.10 bits per heavy atom. The second kappa shape index (κ2) is 7.30. The highest BCUT2D eigenvalue weighted by molar-refractivity contribution is 7.92. The molecule has 0 bridgehead atoms. The predicted molar refractivity (Wildman–Crippen MR) is 104 cm³/mol. The third-order valence-electron chi connectivity index (χ3n) is 4.56. The van der Waals surface area contributed by atoms with Gasteiger partial charge in [0.05, 0.1) is 37.6 Å². The molecule has 0 spiro atoms. The minimum absolute atomic E-state index is 0.0358. The molecule has 0 aliphatic carbocycles. The van der Waals surface area contributed by atoms with Gasteiger partial charge in [-0.05, 0) is 18.2 Å². The molecule has 162 valence electrons. The molecule has 0 aliphatic rings. The van der Waals surface area contributed by atoms with Crippen molar-refractivity contribution in [3.05, 3.63) is 30.1 Å². The molecule has 30 heavy (non-hydrogen) atoms. The number of hydrogen-bond acceptors (Lipinski definition) is 7. The molecule has 0 saturated heterocycles. The molecular weight excluding hydrogens is 443 g/mol. The SMILES string of the molecule is CCS(=N)(=O)c1ccc(S(=O)(=O)CC)c(-c2nc3cc(C(F)(F)F)ncc3n2C)n1. The maximum Gasteiger partial charge on any atom is 0.433 e. The van der Waals surface area contributed by atoms with E-state index in [9.17, 15) is 25.8 Å². The summed E-state index contributed by atoms with van der Waals surface area (Å²) in [5, 5.41) is -0.129. The summed E-state index contributed by atoms with van der Waals surface area (Å²) in [6.07, 6.45) is -3.68.